The van der Waals surface area contributed by atoms with Gasteiger partial charge in [-0.15, -0.1) is 0 Å². The van der Waals surface area contributed by atoms with Gasteiger partial charge in [-0.05, 0) is 54.1 Å². The largest absolute Gasteiger partial charge is 0.490 e. The molecule has 1 saturated heterocycles. The molecule has 9 heteroatoms. The van der Waals surface area contributed by atoms with E-state index in [4.69, 9.17) is 21.1 Å². The van der Waals surface area contributed by atoms with Crippen LogP contribution in [0.5, 0.6) is 5.75 Å². The molecule has 2 amide bonds. The van der Waals surface area contributed by atoms with E-state index in [1.54, 1.807) is 53.2 Å². The van der Waals surface area contributed by atoms with Crippen LogP contribution in [0.1, 0.15) is 18.4 Å². The summed E-state index contributed by atoms with van der Waals surface area (Å²) in [7, 11) is 3.63. The number of hydrogen-bond donors (Lipinski definition) is 0. The fourth-order valence-electron chi connectivity index (χ4n) is 4.65. The Labute approximate surface area is 240 Å². The Morgan fingerprint density at radius 2 is 1.73 bits per heavy atom. The Morgan fingerprint density at radius 1 is 1.02 bits per heavy atom. The molecule has 0 radical (unpaired) electrons. The van der Waals surface area contributed by atoms with Gasteiger partial charge in [0.1, 0.15) is 23.8 Å². The van der Waals surface area contributed by atoms with Crippen LogP contribution in [-0.4, -0.2) is 74.2 Å². The van der Waals surface area contributed by atoms with Crippen molar-refractivity contribution in [3.8, 4) is 5.75 Å². The summed E-state index contributed by atoms with van der Waals surface area (Å²) >= 11 is 6.02. The van der Waals surface area contributed by atoms with Crippen LogP contribution in [0.15, 0.2) is 78.9 Å². The summed E-state index contributed by atoms with van der Waals surface area (Å²) in [5, 5.41) is 0.594. The highest BCUT2D eigenvalue weighted by Crippen LogP contribution is 2.27. The van der Waals surface area contributed by atoms with Crippen LogP contribution in [0.2, 0.25) is 5.02 Å². The van der Waals surface area contributed by atoms with E-state index in [0.717, 1.165) is 11.3 Å². The first-order valence-electron chi connectivity index (χ1n) is 13.3. The minimum atomic E-state index is -1.02. The number of benzene rings is 3. The molecule has 1 unspecified atom stereocenters. The minimum Gasteiger partial charge on any atom is -0.490 e. The maximum Gasteiger partial charge on any atom is 0.225 e. The zero-order chi connectivity index (χ0) is 28.5. The van der Waals surface area contributed by atoms with Crippen molar-refractivity contribution in [2.24, 2.45) is 0 Å². The molecule has 7 nitrogen and oxygen atoms in total. The maximum absolute atomic E-state index is 13.4. The molecule has 3 aromatic rings. The highest BCUT2D eigenvalue weighted by atomic mass is 35.5. The molecular formula is C31H35ClFN3O4. The van der Waals surface area contributed by atoms with Crippen molar-refractivity contribution in [3.63, 3.8) is 0 Å². The summed E-state index contributed by atoms with van der Waals surface area (Å²) in [5.41, 5.74) is 0.837. The maximum atomic E-state index is 13.4. The molecule has 0 aromatic heterocycles. The van der Waals surface area contributed by atoms with Gasteiger partial charge in [-0.2, -0.15) is 0 Å². The predicted molar refractivity (Wildman–Crippen MR) is 154 cm³/mol. The van der Waals surface area contributed by atoms with Gasteiger partial charge in [0.25, 0.3) is 0 Å². The number of halogens is 2. The Bertz CT molecular complexity index is 1260. The minimum absolute atomic E-state index is 0.0433. The van der Waals surface area contributed by atoms with Gasteiger partial charge in [0.2, 0.25) is 11.8 Å². The average molecular weight is 568 g/mol. The van der Waals surface area contributed by atoms with Gasteiger partial charge in [-0.3, -0.25) is 9.59 Å². The SMILES string of the molecule is CN(Cc1ccccc1)C(=O)CC1(COc2ccc(Cl)cc2)CN(C(=O)CCN(C)c2ccc(F)cc2)CCO1. The Morgan fingerprint density at radius 3 is 2.42 bits per heavy atom. The second kappa shape index (κ2) is 13.6. The normalized spacial score (nSPS) is 16.9. The highest BCUT2D eigenvalue weighted by molar-refractivity contribution is 6.30. The molecule has 40 heavy (non-hydrogen) atoms. The van der Waals surface area contributed by atoms with Gasteiger partial charge in [-0.1, -0.05) is 41.9 Å². The third kappa shape index (κ3) is 8.19. The first kappa shape index (κ1) is 29.4. The van der Waals surface area contributed by atoms with Crippen LogP contribution in [0.25, 0.3) is 0 Å². The van der Waals surface area contributed by atoms with Crippen LogP contribution in [0, 0.1) is 5.82 Å². The Kier molecular flexibility index (Phi) is 10.0. The highest BCUT2D eigenvalue weighted by Gasteiger charge is 2.42. The molecule has 0 spiro atoms. The number of carbonyl (C=O) groups excluding carboxylic acids is 2. The lowest BCUT2D eigenvalue weighted by molar-refractivity contribution is -0.165. The third-order valence-corrected chi connectivity index (χ3v) is 7.26. The van der Waals surface area contributed by atoms with Crippen molar-refractivity contribution < 1.29 is 23.5 Å². The molecule has 0 N–H and O–H groups in total. The van der Waals surface area contributed by atoms with E-state index in [-0.39, 0.29) is 43.6 Å². The van der Waals surface area contributed by atoms with Gasteiger partial charge in [-0.25, -0.2) is 4.39 Å². The van der Waals surface area contributed by atoms with Gasteiger partial charge >= 0.3 is 0 Å². The quantitative estimate of drug-likeness (QED) is 0.325. The van der Waals surface area contributed by atoms with Gasteiger partial charge in [0.05, 0.1) is 19.6 Å². The fraction of sp³-hybridized carbons (Fsp3) is 0.355. The molecule has 1 heterocycles. The molecule has 1 atom stereocenters. The van der Waals surface area contributed by atoms with Crippen LogP contribution >= 0.6 is 11.6 Å². The van der Waals surface area contributed by atoms with E-state index in [9.17, 15) is 14.0 Å². The number of hydrogen-bond acceptors (Lipinski definition) is 5. The lowest BCUT2D eigenvalue weighted by Crippen LogP contribution is -2.58. The van der Waals surface area contributed by atoms with Crippen molar-refractivity contribution in [3.05, 3.63) is 95.3 Å². The van der Waals surface area contributed by atoms with E-state index in [2.05, 4.69) is 0 Å². The number of anilines is 1. The van der Waals surface area contributed by atoms with Crippen molar-refractivity contribution in [2.75, 3.05) is 51.8 Å². The molecule has 0 aliphatic carbocycles. The second-order valence-corrected chi connectivity index (χ2v) is 10.6. The average Bonchev–Trinajstić information content (AvgIpc) is 2.96. The zero-order valence-corrected chi connectivity index (χ0v) is 23.6. The number of carbonyl (C=O) groups is 2. The molecule has 1 aliphatic rings. The summed E-state index contributed by atoms with van der Waals surface area (Å²) < 4.78 is 25.6. The molecule has 1 fully saturated rings. The molecule has 1 aliphatic heterocycles. The van der Waals surface area contributed by atoms with Gasteiger partial charge in [0.15, 0.2) is 0 Å². The summed E-state index contributed by atoms with van der Waals surface area (Å²) in [5.74, 6) is 0.150. The van der Waals surface area contributed by atoms with Crippen LogP contribution < -0.4 is 9.64 Å². The summed E-state index contributed by atoms with van der Waals surface area (Å²) in [6.45, 7) is 1.97. The van der Waals surface area contributed by atoms with Gasteiger partial charge in [0, 0.05) is 50.9 Å². The van der Waals surface area contributed by atoms with Crippen LogP contribution in [0.3, 0.4) is 0 Å². The van der Waals surface area contributed by atoms with E-state index in [0.29, 0.717) is 37.0 Å². The predicted octanol–water partition coefficient (Wildman–Crippen LogP) is 5.03. The van der Waals surface area contributed by atoms with E-state index in [1.165, 1.54) is 12.1 Å². The number of rotatable bonds is 11. The summed E-state index contributed by atoms with van der Waals surface area (Å²) in [6.07, 6.45) is 0.326. The standard InChI is InChI=1S/C31H35ClFN3O4/c1-34(27-12-10-26(33)11-13-27)17-16-29(37)36-18-19-40-31(22-36,23-39-28-14-8-25(32)9-15-28)20-30(38)35(2)21-24-6-4-3-5-7-24/h3-15H,16-23H2,1-2H3. The second-order valence-electron chi connectivity index (χ2n) is 10.1. The first-order chi connectivity index (χ1) is 19.2. The first-order valence-corrected chi connectivity index (χ1v) is 13.7. The molecular weight excluding hydrogens is 533 g/mol. The lowest BCUT2D eigenvalue weighted by atomic mass is 9.96. The van der Waals surface area contributed by atoms with Crippen LogP contribution in [0.4, 0.5) is 10.1 Å². The van der Waals surface area contributed by atoms with Crippen molar-refractivity contribution in [1.82, 2.24) is 9.80 Å². The monoisotopic (exact) mass is 567 g/mol. The number of morpholine rings is 1. The van der Waals surface area contributed by atoms with E-state index >= 15 is 0 Å². The Hall–Kier alpha value is -3.62. The summed E-state index contributed by atoms with van der Waals surface area (Å²) in [4.78, 5) is 32.0. The molecule has 0 saturated carbocycles. The molecule has 3 aromatic carbocycles. The number of amides is 2. The third-order valence-electron chi connectivity index (χ3n) is 7.01. The van der Waals surface area contributed by atoms with Crippen molar-refractivity contribution in [1.29, 1.82) is 0 Å². The molecule has 212 valence electrons. The Balaban J connectivity index is 1.43. The molecule has 4 rings (SSSR count). The van der Waals surface area contributed by atoms with Gasteiger partial charge < -0.3 is 24.2 Å². The van der Waals surface area contributed by atoms with E-state index in [1.807, 2.05) is 42.3 Å². The van der Waals surface area contributed by atoms with E-state index < -0.39 is 5.60 Å². The van der Waals surface area contributed by atoms with Crippen molar-refractivity contribution >= 4 is 29.1 Å². The van der Waals surface area contributed by atoms with Crippen molar-refractivity contribution in [2.45, 2.75) is 25.0 Å². The molecule has 0 bridgehead atoms. The fourth-order valence-corrected chi connectivity index (χ4v) is 4.78. The number of ether oxygens (including phenoxy) is 2. The van der Waals surface area contributed by atoms with Crippen LogP contribution in [-0.2, 0) is 20.9 Å². The smallest absolute Gasteiger partial charge is 0.225 e. The number of nitrogens with zero attached hydrogens (tertiary/aromatic N) is 3. The lowest BCUT2D eigenvalue weighted by Gasteiger charge is -2.42. The summed E-state index contributed by atoms with van der Waals surface area (Å²) in [6, 6.07) is 22.9. The zero-order valence-electron chi connectivity index (χ0n) is 22.9. The topological polar surface area (TPSA) is 62.3 Å².